The molecule has 1 aromatic heterocycles. The Labute approximate surface area is 260 Å². The normalized spacial score (nSPS) is 20.4. The zero-order valence-corrected chi connectivity index (χ0v) is 26.1. The van der Waals surface area contributed by atoms with E-state index >= 15 is 0 Å². The van der Waals surface area contributed by atoms with E-state index in [-0.39, 0.29) is 5.41 Å². The standard InChI is InChI=1S/C33H42ClN7S/c1-25-9-5-8-18-41(25)30-23-29(40-21-19-39(20-22-40)28-10-3-2-4-11-28)36-31(37-30)38-32(42)35-24-33(16-6-7-17-33)26-12-14-27(34)15-13-26/h2-4,10-15,23,25H,5-9,16-22,24H2,1H3,(H2,35,36,37,38,42). The maximum Gasteiger partial charge on any atom is 0.232 e. The molecule has 1 aliphatic carbocycles. The summed E-state index contributed by atoms with van der Waals surface area (Å²) in [5, 5.41) is 8.24. The van der Waals surface area contributed by atoms with Gasteiger partial charge in [0.05, 0.1) is 0 Å². The Balaban J connectivity index is 1.18. The first-order chi connectivity index (χ1) is 20.5. The molecule has 2 saturated heterocycles. The molecule has 1 saturated carbocycles. The molecular formula is C33H42ClN7S. The molecule has 1 atom stereocenters. The van der Waals surface area contributed by atoms with Crippen molar-refractivity contribution in [2.75, 3.05) is 59.3 Å². The highest BCUT2D eigenvalue weighted by Crippen LogP contribution is 2.41. The summed E-state index contributed by atoms with van der Waals surface area (Å²) >= 11 is 12.0. The second kappa shape index (κ2) is 13.0. The molecule has 3 aliphatic rings. The van der Waals surface area contributed by atoms with E-state index in [1.807, 2.05) is 12.1 Å². The van der Waals surface area contributed by atoms with Crippen LogP contribution in [-0.2, 0) is 5.41 Å². The van der Waals surface area contributed by atoms with Crippen LogP contribution in [0.25, 0.3) is 0 Å². The molecule has 3 aromatic rings. The second-order valence-corrected chi connectivity index (χ2v) is 12.9. The molecule has 6 rings (SSSR count). The Morgan fingerprint density at radius 2 is 1.57 bits per heavy atom. The minimum atomic E-state index is 0.0614. The fourth-order valence-electron chi connectivity index (χ4n) is 6.88. The molecule has 2 aliphatic heterocycles. The van der Waals surface area contributed by atoms with Gasteiger partial charge < -0.3 is 25.3 Å². The van der Waals surface area contributed by atoms with Crippen LogP contribution in [0.1, 0.15) is 57.4 Å². The zero-order valence-electron chi connectivity index (χ0n) is 24.6. The van der Waals surface area contributed by atoms with Crippen LogP contribution in [-0.4, -0.2) is 60.4 Å². The molecule has 7 nitrogen and oxygen atoms in total. The Bertz CT molecular complexity index is 1340. The minimum Gasteiger partial charge on any atom is -0.368 e. The average molecular weight is 604 g/mol. The van der Waals surface area contributed by atoms with E-state index in [9.17, 15) is 0 Å². The Morgan fingerprint density at radius 3 is 2.29 bits per heavy atom. The van der Waals surface area contributed by atoms with Crippen molar-refractivity contribution in [1.29, 1.82) is 0 Å². The highest BCUT2D eigenvalue weighted by molar-refractivity contribution is 7.80. The van der Waals surface area contributed by atoms with Crippen molar-refractivity contribution < 1.29 is 0 Å². The molecular weight excluding hydrogens is 562 g/mol. The molecule has 2 N–H and O–H groups in total. The van der Waals surface area contributed by atoms with Gasteiger partial charge in [-0.1, -0.05) is 54.8 Å². The molecule has 2 aromatic carbocycles. The van der Waals surface area contributed by atoms with Crippen molar-refractivity contribution in [1.82, 2.24) is 15.3 Å². The summed E-state index contributed by atoms with van der Waals surface area (Å²) in [6.45, 7) is 7.83. The lowest BCUT2D eigenvalue weighted by atomic mass is 9.79. The van der Waals surface area contributed by atoms with Gasteiger partial charge in [0.15, 0.2) is 5.11 Å². The summed E-state index contributed by atoms with van der Waals surface area (Å²) in [4.78, 5) is 17.3. The van der Waals surface area contributed by atoms with E-state index < -0.39 is 0 Å². The molecule has 222 valence electrons. The number of piperidine rings is 1. The molecule has 0 bridgehead atoms. The van der Waals surface area contributed by atoms with Gasteiger partial charge in [0.1, 0.15) is 11.6 Å². The summed E-state index contributed by atoms with van der Waals surface area (Å²) in [7, 11) is 0. The quantitative estimate of drug-likeness (QED) is 0.292. The van der Waals surface area contributed by atoms with Crippen LogP contribution in [0.5, 0.6) is 0 Å². The number of para-hydroxylation sites is 1. The van der Waals surface area contributed by atoms with Crippen molar-refractivity contribution in [2.24, 2.45) is 0 Å². The molecule has 3 fully saturated rings. The molecule has 3 heterocycles. The number of nitrogens with zero attached hydrogens (tertiary/aromatic N) is 5. The molecule has 0 amide bonds. The number of aromatic nitrogens is 2. The number of anilines is 4. The Kier molecular flexibility index (Phi) is 9.00. The highest BCUT2D eigenvalue weighted by atomic mass is 35.5. The molecule has 9 heteroatoms. The molecule has 0 radical (unpaired) electrons. The molecule has 42 heavy (non-hydrogen) atoms. The van der Waals surface area contributed by atoms with Gasteiger partial charge in [-0.3, -0.25) is 0 Å². The first-order valence-corrected chi connectivity index (χ1v) is 16.3. The number of thiocarbonyl (C=S) groups is 1. The third-order valence-corrected chi connectivity index (χ3v) is 9.85. The van der Waals surface area contributed by atoms with Crippen LogP contribution < -0.4 is 25.3 Å². The fourth-order valence-corrected chi connectivity index (χ4v) is 7.17. The van der Waals surface area contributed by atoms with E-state index in [0.29, 0.717) is 17.1 Å². The third-order valence-electron chi connectivity index (χ3n) is 9.35. The molecule has 1 unspecified atom stereocenters. The van der Waals surface area contributed by atoms with E-state index in [2.05, 4.69) is 80.8 Å². The number of benzene rings is 2. The van der Waals surface area contributed by atoms with Gasteiger partial charge in [-0.05, 0) is 81.1 Å². The van der Waals surface area contributed by atoms with Gasteiger partial charge in [0, 0.05) is 67.5 Å². The topological polar surface area (TPSA) is 59.6 Å². The summed E-state index contributed by atoms with van der Waals surface area (Å²) in [6, 6.07) is 21.6. The van der Waals surface area contributed by atoms with Crippen LogP contribution in [0.2, 0.25) is 5.02 Å². The Hall–Kier alpha value is -3.10. The van der Waals surface area contributed by atoms with Crippen molar-refractivity contribution in [3.05, 3.63) is 71.2 Å². The van der Waals surface area contributed by atoms with Gasteiger partial charge in [0.2, 0.25) is 5.95 Å². The fraction of sp³-hybridized carbons (Fsp3) is 0.485. The van der Waals surface area contributed by atoms with Crippen LogP contribution in [0.15, 0.2) is 60.7 Å². The van der Waals surface area contributed by atoms with Crippen molar-refractivity contribution in [2.45, 2.75) is 63.3 Å². The van der Waals surface area contributed by atoms with Gasteiger partial charge in [-0.25, -0.2) is 0 Å². The summed E-state index contributed by atoms with van der Waals surface area (Å²) in [5.41, 5.74) is 2.67. The summed E-state index contributed by atoms with van der Waals surface area (Å²) in [6.07, 6.45) is 8.38. The number of hydrogen-bond donors (Lipinski definition) is 2. The summed E-state index contributed by atoms with van der Waals surface area (Å²) < 4.78 is 0. The van der Waals surface area contributed by atoms with Crippen molar-refractivity contribution >= 4 is 52.2 Å². The number of hydrogen-bond acceptors (Lipinski definition) is 6. The smallest absolute Gasteiger partial charge is 0.232 e. The number of halogens is 1. The number of nitrogens with one attached hydrogen (secondary N) is 2. The van der Waals surface area contributed by atoms with Crippen LogP contribution >= 0.6 is 23.8 Å². The predicted molar refractivity (Wildman–Crippen MR) is 179 cm³/mol. The van der Waals surface area contributed by atoms with Gasteiger partial charge in [-0.15, -0.1) is 0 Å². The average Bonchev–Trinajstić information content (AvgIpc) is 3.51. The zero-order chi connectivity index (χ0) is 28.9. The van der Waals surface area contributed by atoms with Crippen LogP contribution in [0.4, 0.5) is 23.3 Å². The van der Waals surface area contributed by atoms with E-state index in [0.717, 1.165) is 68.8 Å². The van der Waals surface area contributed by atoms with E-state index in [4.69, 9.17) is 33.8 Å². The SMILES string of the molecule is CC1CCCCN1c1cc(N2CCN(c3ccccc3)CC2)nc(NC(=S)NCC2(c3ccc(Cl)cc3)CCCC2)n1. The van der Waals surface area contributed by atoms with Gasteiger partial charge in [-0.2, -0.15) is 9.97 Å². The predicted octanol–water partition coefficient (Wildman–Crippen LogP) is 6.63. The minimum absolute atomic E-state index is 0.0614. The van der Waals surface area contributed by atoms with E-state index in [1.165, 1.54) is 43.4 Å². The first-order valence-electron chi connectivity index (χ1n) is 15.5. The first kappa shape index (κ1) is 29.0. The van der Waals surface area contributed by atoms with Crippen LogP contribution in [0.3, 0.4) is 0 Å². The maximum absolute atomic E-state index is 6.19. The van der Waals surface area contributed by atoms with Gasteiger partial charge in [0.25, 0.3) is 0 Å². The largest absolute Gasteiger partial charge is 0.368 e. The van der Waals surface area contributed by atoms with Crippen molar-refractivity contribution in [3.63, 3.8) is 0 Å². The number of rotatable bonds is 7. The monoisotopic (exact) mass is 603 g/mol. The lowest BCUT2D eigenvalue weighted by Crippen LogP contribution is -2.47. The van der Waals surface area contributed by atoms with Crippen molar-refractivity contribution in [3.8, 4) is 0 Å². The molecule has 0 spiro atoms. The summed E-state index contributed by atoms with van der Waals surface area (Å²) in [5.74, 6) is 2.51. The maximum atomic E-state index is 6.19. The second-order valence-electron chi connectivity index (χ2n) is 12.1. The van der Waals surface area contributed by atoms with Gasteiger partial charge >= 0.3 is 0 Å². The number of piperazine rings is 1. The van der Waals surface area contributed by atoms with Crippen LogP contribution in [0, 0.1) is 0 Å². The Morgan fingerprint density at radius 1 is 0.881 bits per heavy atom. The lowest BCUT2D eigenvalue weighted by Gasteiger charge is -2.38. The third kappa shape index (κ3) is 6.60. The van der Waals surface area contributed by atoms with E-state index in [1.54, 1.807) is 0 Å². The highest BCUT2D eigenvalue weighted by Gasteiger charge is 2.35. The lowest BCUT2D eigenvalue weighted by molar-refractivity contribution is 0.435.